The van der Waals surface area contributed by atoms with Gasteiger partial charge in [0.05, 0.1) is 0 Å². The number of nitrogens with zero attached hydrogens (tertiary/aromatic N) is 1. The molecule has 2 rings (SSSR count). The summed E-state index contributed by atoms with van der Waals surface area (Å²) in [5, 5.41) is 8.73. The van der Waals surface area contributed by atoms with E-state index in [-0.39, 0.29) is 0 Å². The predicted molar refractivity (Wildman–Crippen MR) is 76.2 cm³/mol. The van der Waals surface area contributed by atoms with Crippen LogP contribution in [0.3, 0.4) is 0 Å². The molecule has 1 aromatic rings. The van der Waals surface area contributed by atoms with E-state index in [0.29, 0.717) is 18.4 Å². The minimum atomic E-state index is -0.671. The summed E-state index contributed by atoms with van der Waals surface area (Å²) in [6, 6.07) is 11.1. The van der Waals surface area contributed by atoms with Gasteiger partial charge in [0, 0.05) is 19.0 Å². The van der Waals surface area contributed by atoms with Crippen molar-refractivity contribution in [2.75, 3.05) is 13.1 Å². The minimum absolute atomic E-state index is 0.311. The molecule has 0 spiro atoms. The maximum Gasteiger partial charge on any atom is 0.303 e. The number of carbonyl (C=O) groups is 1. The van der Waals surface area contributed by atoms with Crippen molar-refractivity contribution in [2.45, 2.75) is 38.6 Å². The number of carboxylic acid groups (broad SMARTS) is 1. The van der Waals surface area contributed by atoms with Gasteiger partial charge in [0.2, 0.25) is 0 Å². The molecule has 0 radical (unpaired) electrons. The minimum Gasteiger partial charge on any atom is -0.481 e. The van der Waals surface area contributed by atoms with Gasteiger partial charge in [-0.1, -0.05) is 30.3 Å². The van der Waals surface area contributed by atoms with E-state index in [0.717, 1.165) is 32.4 Å². The van der Waals surface area contributed by atoms with E-state index in [4.69, 9.17) is 5.11 Å². The summed E-state index contributed by atoms with van der Waals surface area (Å²) in [5.74, 6) is -0.106. The maximum absolute atomic E-state index is 10.6. The molecule has 3 nitrogen and oxygen atoms in total. The van der Waals surface area contributed by atoms with Crippen LogP contribution in [0.15, 0.2) is 30.3 Å². The molecule has 0 bridgehead atoms. The molecule has 0 aliphatic carbocycles. The van der Waals surface area contributed by atoms with Crippen molar-refractivity contribution in [1.82, 2.24) is 4.90 Å². The van der Waals surface area contributed by atoms with Crippen molar-refractivity contribution >= 4 is 5.97 Å². The fourth-order valence-electron chi connectivity index (χ4n) is 2.91. The first-order chi connectivity index (χ1) is 9.15. The van der Waals surface area contributed by atoms with Crippen molar-refractivity contribution in [1.29, 1.82) is 0 Å². The molecule has 1 heterocycles. The summed E-state index contributed by atoms with van der Waals surface area (Å²) in [4.78, 5) is 13.1. The zero-order valence-corrected chi connectivity index (χ0v) is 11.6. The van der Waals surface area contributed by atoms with E-state index in [2.05, 4.69) is 36.1 Å². The van der Waals surface area contributed by atoms with Crippen LogP contribution in [0, 0.1) is 5.92 Å². The van der Waals surface area contributed by atoms with Gasteiger partial charge in [-0.15, -0.1) is 0 Å². The first kappa shape index (κ1) is 14.1. The summed E-state index contributed by atoms with van der Waals surface area (Å²) in [6.45, 7) is 4.44. The number of aliphatic carboxylic acids is 1. The van der Waals surface area contributed by atoms with Crippen LogP contribution in [-0.2, 0) is 11.2 Å². The summed E-state index contributed by atoms with van der Waals surface area (Å²) in [7, 11) is 0. The molecule has 2 atom stereocenters. The second-order valence-electron chi connectivity index (χ2n) is 5.62. The number of likely N-dealkylation sites (tertiary alicyclic amines) is 1. The quantitative estimate of drug-likeness (QED) is 0.856. The molecule has 2 unspecified atom stereocenters. The molecule has 19 heavy (non-hydrogen) atoms. The third kappa shape index (κ3) is 4.35. The Kier molecular flexibility index (Phi) is 4.97. The third-order valence-electron chi connectivity index (χ3n) is 4.08. The Balaban J connectivity index is 1.78. The first-order valence-electron chi connectivity index (χ1n) is 7.15. The van der Waals surface area contributed by atoms with E-state index in [1.807, 2.05) is 6.07 Å². The lowest BCUT2D eigenvalue weighted by atomic mass is 10.0. The standard InChI is InChI=1S/C16H23NO2/c1-13(11-14-5-3-2-4-6-14)17-10-9-15(12-17)7-8-16(18)19/h2-6,13,15H,7-12H2,1H3,(H,18,19). The Morgan fingerprint density at radius 1 is 1.42 bits per heavy atom. The highest BCUT2D eigenvalue weighted by molar-refractivity contribution is 5.66. The Morgan fingerprint density at radius 3 is 2.84 bits per heavy atom. The number of hydrogen-bond acceptors (Lipinski definition) is 2. The second kappa shape index (κ2) is 6.71. The number of benzene rings is 1. The molecule has 1 saturated heterocycles. The summed E-state index contributed by atoms with van der Waals surface area (Å²) < 4.78 is 0. The van der Waals surface area contributed by atoms with Crippen LogP contribution in [-0.4, -0.2) is 35.1 Å². The fourth-order valence-corrected chi connectivity index (χ4v) is 2.91. The van der Waals surface area contributed by atoms with Gasteiger partial charge in [-0.25, -0.2) is 0 Å². The Morgan fingerprint density at radius 2 is 2.16 bits per heavy atom. The lowest BCUT2D eigenvalue weighted by Gasteiger charge is -2.24. The lowest BCUT2D eigenvalue weighted by molar-refractivity contribution is -0.137. The lowest BCUT2D eigenvalue weighted by Crippen LogP contribution is -2.32. The van der Waals surface area contributed by atoms with E-state index >= 15 is 0 Å². The SMILES string of the molecule is CC(Cc1ccccc1)N1CCC(CCC(=O)O)C1. The van der Waals surface area contributed by atoms with Crippen molar-refractivity contribution in [3.05, 3.63) is 35.9 Å². The van der Waals surface area contributed by atoms with Gasteiger partial charge in [0.15, 0.2) is 0 Å². The van der Waals surface area contributed by atoms with E-state index in [1.165, 1.54) is 5.56 Å². The first-order valence-corrected chi connectivity index (χ1v) is 7.15. The number of hydrogen-bond donors (Lipinski definition) is 1. The van der Waals surface area contributed by atoms with Crippen LogP contribution in [0.4, 0.5) is 0 Å². The van der Waals surface area contributed by atoms with Crippen molar-refractivity contribution < 1.29 is 9.90 Å². The molecule has 0 amide bonds. The maximum atomic E-state index is 10.6. The molecule has 1 aliphatic rings. The van der Waals surface area contributed by atoms with E-state index in [9.17, 15) is 4.79 Å². The molecular weight excluding hydrogens is 238 g/mol. The van der Waals surface area contributed by atoms with Crippen LogP contribution in [0.1, 0.15) is 31.7 Å². The highest BCUT2D eigenvalue weighted by atomic mass is 16.4. The Hall–Kier alpha value is -1.35. The van der Waals surface area contributed by atoms with Crippen LogP contribution >= 0.6 is 0 Å². The monoisotopic (exact) mass is 261 g/mol. The van der Waals surface area contributed by atoms with E-state index < -0.39 is 5.97 Å². The fraction of sp³-hybridized carbons (Fsp3) is 0.562. The molecule has 0 saturated carbocycles. The topological polar surface area (TPSA) is 40.5 Å². The average molecular weight is 261 g/mol. The Bertz CT molecular complexity index is 404. The Labute approximate surface area is 115 Å². The van der Waals surface area contributed by atoms with Gasteiger partial charge in [-0.05, 0) is 44.2 Å². The highest BCUT2D eigenvalue weighted by Gasteiger charge is 2.26. The zero-order chi connectivity index (χ0) is 13.7. The van der Waals surface area contributed by atoms with Gasteiger partial charge in [-0.2, -0.15) is 0 Å². The van der Waals surface area contributed by atoms with Gasteiger partial charge in [-0.3, -0.25) is 4.79 Å². The molecule has 3 heteroatoms. The molecule has 1 N–H and O–H groups in total. The summed E-state index contributed by atoms with van der Waals surface area (Å²) in [6.07, 6.45) is 3.36. The van der Waals surface area contributed by atoms with Gasteiger partial charge in [0.25, 0.3) is 0 Å². The molecule has 0 aromatic heterocycles. The average Bonchev–Trinajstić information content (AvgIpc) is 2.86. The summed E-state index contributed by atoms with van der Waals surface area (Å²) >= 11 is 0. The molecule has 1 aliphatic heterocycles. The van der Waals surface area contributed by atoms with Crippen LogP contribution < -0.4 is 0 Å². The van der Waals surface area contributed by atoms with Gasteiger partial charge < -0.3 is 10.0 Å². The van der Waals surface area contributed by atoms with Crippen molar-refractivity contribution in [3.8, 4) is 0 Å². The van der Waals surface area contributed by atoms with Crippen LogP contribution in [0.5, 0.6) is 0 Å². The van der Waals surface area contributed by atoms with Crippen molar-refractivity contribution in [2.24, 2.45) is 5.92 Å². The summed E-state index contributed by atoms with van der Waals surface area (Å²) in [5.41, 5.74) is 1.38. The molecule has 1 aromatic carbocycles. The normalized spacial score (nSPS) is 21.4. The predicted octanol–water partition coefficient (Wildman–Crippen LogP) is 2.80. The van der Waals surface area contributed by atoms with Gasteiger partial charge >= 0.3 is 5.97 Å². The number of carboxylic acids is 1. The van der Waals surface area contributed by atoms with Crippen molar-refractivity contribution in [3.63, 3.8) is 0 Å². The number of rotatable bonds is 6. The second-order valence-corrected chi connectivity index (χ2v) is 5.62. The molecule has 1 fully saturated rings. The van der Waals surface area contributed by atoms with E-state index in [1.54, 1.807) is 0 Å². The highest BCUT2D eigenvalue weighted by Crippen LogP contribution is 2.23. The largest absolute Gasteiger partial charge is 0.481 e. The van der Waals surface area contributed by atoms with Gasteiger partial charge in [0.1, 0.15) is 0 Å². The van der Waals surface area contributed by atoms with Crippen LogP contribution in [0.25, 0.3) is 0 Å². The molecular formula is C16H23NO2. The zero-order valence-electron chi connectivity index (χ0n) is 11.6. The molecule has 104 valence electrons. The van der Waals surface area contributed by atoms with Crippen LogP contribution in [0.2, 0.25) is 0 Å². The third-order valence-corrected chi connectivity index (χ3v) is 4.08. The smallest absolute Gasteiger partial charge is 0.303 e.